The highest BCUT2D eigenvalue weighted by molar-refractivity contribution is 5.71. The van der Waals surface area contributed by atoms with Gasteiger partial charge in [-0.3, -0.25) is 0 Å². The van der Waals surface area contributed by atoms with Crippen LogP contribution in [0.25, 0.3) is 0 Å². The van der Waals surface area contributed by atoms with Crippen molar-refractivity contribution >= 4 is 6.03 Å². The largest absolute Gasteiger partial charge is 0.365 e. The Morgan fingerprint density at radius 2 is 2.21 bits per heavy atom. The van der Waals surface area contributed by atoms with E-state index in [0.29, 0.717) is 18.3 Å². The molecule has 2 amide bonds. The van der Waals surface area contributed by atoms with E-state index in [9.17, 15) is 4.79 Å². The maximum Gasteiger partial charge on any atom is 0.312 e. The first kappa shape index (κ1) is 13.8. The highest BCUT2D eigenvalue weighted by atomic mass is 16.5. The zero-order chi connectivity index (χ0) is 14.0. The molecule has 0 radical (unpaired) electrons. The van der Waals surface area contributed by atoms with Gasteiger partial charge in [-0.05, 0) is 12.8 Å². The van der Waals surface area contributed by atoms with Gasteiger partial charge in [0.25, 0.3) is 0 Å². The second kappa shape index (κ2) is 5.16. The van der Waals surface area contributed by atoms with E-state index in [4.69, 9.17) is 15.0 Å². The van der Waals surface area contributed by atoms with Crippen LogP contribution in [-0.2, 0) is 10.2 Å². The van der Waals surface area contributed by atoms with Crippen molar-refractivity contribution in [2.45, 2.75) is 51.2 Å². The van der Waals surface area contributed by atoms with Crippen molar-refractivity contribution in [1.82, 2.24) is 15.5 Å². The fourth-order valence-electron chi connectivity index (χ4n) is 1.93. The quantitative estimate of drug-likeness (QED) is 0.858. The van der Waals surface area contributed by atoms with Gasteiger partial charge in [-0.15, -0.1) is 0 Å². The van der Waals surface area contributed by atoms with Gasteiger partial charge in [0.2, 0.25) is 11.7 Å². The van der Waals surface area contributed by atoms with Crippen molar-refractivity contribution in [2.75, 3.05) is 6.54 Å². The van der Waals surface area contributed by atoms with Crippen molar-refractivity contribution in [3.8, 4) is 0 Å². The van der Waals surface area contributed by atoms with Crippen LogP contribution in [0.3, 0.4) is 0 Å². The number of nitrogens with one attached hydrogen (secondary N) is 1. The van der Waals surface area contributed by atoms with Crippen LogP contribution in [-0.4, -0.2) is 28.8 Å². The van der Waals surface area contributed by atoms with Gasteiger partial charge in [0, 0.05) is 12.0 Å². The summed E-state index contributed by atoms with van der Waals surface area (Å²) in [5.74, 6) is 1.18. The summed E-state index contributed by atoms with van der Waals surface area (Å²) in [6.45, 7) is 6.45. The Balaban J connectivity index is 1.93. The van der Waals surface area contributed by atoms with E-state index in [1.54, 1.807) is 0 Å². The normalized spacial score (nSPS) is 23.5. The summed E-state index contributed by atoms with van der Waals surface area (Å²) in [4.78, 5) is 15.0. The third kappa shape index (κ3) is 3.44. The Kier molecular flexibility index (Phi) is 3.75. The van der Waals surface area contributed by atoms with Gasteiger partial charge in [-0.2, -0.15) is 4.98 Å². The Labute approximate surface area is 111 Å². The average Bonchev–Trinajstić information content (AvgIpc) is 2.94. The number of carbonyl (C=O) groups excluding carboxylic acids is 1. The first-order valence-corrected chi connectivity index (χ1v) is 6.39. The van der Waals surface area contributed by atoms with Gasteiger partial charge in [-0.25, -0.2) is 4.79 Å². The van der Waals surface area contributed by atoms with Crippen LogP contribution < -0.4 is 11.1 Å². The van der Waals surface area contributed by atoms with Crippen LogP contribution >= 0.6 is 0 Å². The standard InChI is InChI=1S/C12H20N4O3/c1-12(2,3)10-15-9(16-19-10)8-5-4-7(18-8)6-14-11(13)17/h7-8H,4-6H2,1-3H3,(H3,13,14,17). The maximum absolute atomic E-state index is 10.6. The van der Waals surface area contributed by atoms with Crippen LogP contribution in [0.15, 0.2) is 4.52 Å². The Bertz CT molecular complexity index is 452. The molecule has 0 aliphatic carbocycles. The number of amides is 2. The predicted octanol–water partition coefficient (Wildman–Crippen LogP) is 1.26. The molecule has 0 bridgehead atoms. The average molecular weight is 268 g/mol. The Hall–Kier alpha value is -1.63. The van der Waals surface area contributed by atoms with Crippen LogP contribution in [0.2, 0.25) is 0 Å². The van der Waals surface area contributed by atoms with Gasteiger partial charge in [0.05, 0.1) is 6.10 Å². The summed E-state index contributed by atoms with van der Waals surface area (Å²) in [7, 11) is 0. The molecule has 1 aromatic rings. The third-order valence-corrected chi connectivity index (χ3v) is 2.98. The van der Waals surface area contributed by atoms with Crippen molar-refractivity contribution < 1.29 is 14.1 Å². The molecule has 0 saturated carbocycles. The molecule has 1 aromatic heterocycles. The molecule has 0 spiro atoms. The van der Waals surface area contributed by atoms with Crippen LogP contribution in [0.1, 0.15) is 51.4 Å². The zero-order valence-corrected chi connectivity index (χ0v) is 11.5. The van der Waals surface area contributed by atoms with Gasteiger partial charge in [0.1, 0.15) is 6.10 Å². The van der Waals surface area contributed by atoms with Gasteiger partial charge in [0.15, 0.2) is 0 Å². The fourth-order valence-corrected chi connectivity index (χ4v) is 1.93. The van der Waals surface area contributed by atoms with Gasteiger partial charge >= 0.3 is 6.03 Å². The van der Waals surface area contributed by atoms with E-state index >= 15 is 0 Å². The van der Waals surface area contributed by atoms with Crippen molar-refractivity contribution in [1.29, 1.82) is 0 Å². The first-order chi connectivity index (χ1) is 8.86. The summed E-state index contributed by atoms with van der Waals surface area (Å²) in [6, 6.07) is -0.540. The molecule has 1 fully saturated rings. The van der Waals surface area contributed by atoms with E-state index in [2.05, 4.69) is 15.5 Å². The topological polar surface area (TPSA) is 103 Å². The minimum absolute atomic E-state index is 0.0471. The molecule has 2 atom stereocenters. The SMILES string of the molecule is CC(C)(C)c1nc(C2CCC(CNC(N)=O)O2)no1. The maximum atomic E-state index is 10.6. The molecule has 3 N–H and O–H groups in total. The summed E-state index contributed by atoms with van der Waals surface area (Å²) in [6.07, 6.45) is 1.44. The number of aromatic nitrogens is 2. The summed E-state index contributed by atoms with van der Waals surface area (Å²) < 4.78 is 11.0. The lowest BCUT2D eigenvalue weighted by Gasteiger charge is -2.12. The van der Waals surface area contributed by atoms with Crippen LogP contribution in [0.5, 0.6) is 0 Å². The predicted molar refractivity (Wildman–Crippen MR) is 67.4 cm³/mol. The molecule has 2 unspecified atom stereocenters. The lowest BCUT2D eigenvalue weighted by molar-refractivity contribution is 0.0402. The lowest BCUT2D eigenvalue weighted by atomic mass is 9.97. The lowest BCUT2D eigenvalue weighted by Crippen LogP contribution is -2.35. The van der Waals surface area contributed by atoms with Crippen molar-refractivity contribution in [3.63, 3.8) is 0 Å². The Morgan fingerprint density at radius 3 is 2.79 bits per heavy atom. The van der Waals surface area contributed by atoms with E-state index < -0.39 is 6.03 Å². The number of primary amides is 1. The molecule has 0 aromatic carbocycles. The molecule has 2 rings (SSSR count). The molecule has 1 saturated heterocycles. The molecule has 1 aliphatic rings. The van der Waals surface area contributed by atoms with E-state index in [-0.39, 0.29) is 17.6 Å². The number of hydrogen-bond acceptors (Lipinski definition) is 5. The number of carbonyl (C=O) groups is 1. The zero-order valence-electron chi connectivity index (χ0n) is 11.5. The summed E-state index contributed by atoms with van der Waals surface area (Å²) in [5.41, 5.74) is 4.85. The molecule has 19 heavy (non-hydrogen) atoms. The number of hydrogen-bond donors (Lipinski definition) is 2. The molecule has 1 aliphatic heterocycles. The fraction of sp³-hybridized carbons (Fsp3) is 0.750. The van der Waals surface area contributed by atoms with Crippen molar-refractivity contribution in [2.24, 2.45) is 5.73 Å². The highest BCUT2D eigenvalue weighted by Crippen LogP contribution is 2.32. The van der Waals surface area contributed by atoms with Crippen LogP contribution in [0, 0.1) is 0 Å². The molecule has 2 heterocycles. The van der Waals surface area contributed by atoms with Gasteiger partial charge in [-0.1, -0.05) is 25.9 Å². The first-order valence-electron chi connectivity index (χ1n) is 6.39. The number of urea groups is 1. The molecular formula is C12H20N4O3. The molecule has 106 valence electrons. The molecule has 7 heteroatoms. The second-order valence-electron chi connectivity index (χ2n) is 5.78. The minimum Gasteiger partial charge on any atom is -0.365 e. The molecule has 7 nitrogen and oxygen atoms in total. The van der Waals surface area contributed by atoms with Crippen LogP contribution in [0.4, 0.5) is 4.79 Å². The van der Waals surface area contributed by atoms with Crippen molar-refractivity contribution in [3.05, 3.63) is 11.7 Å². The highest BCUT2D eigenvalue weighted by Gasteiger charge is 2.31. The van der Waals surface area contributed by atoms with Gasteiger partial charge < -0.3 is 20.3 Å². The number of rotatable bonds is 3. The Morgan fingerprint density at radius 1 is 1.47 bits per heavy atom. The summed E-state index contributed by atoms with van der Waals surface area (Å²) >= 11 is 0. The van der Waals surface area contributed by atoms with E-state index in [0.717, 1.165) is 12.8 Å². The molecular weight excluding hydrogens is 248 g/mol. The van der Waals surface area contributed by atoms with E-state index in [1.165, 1.54) is 0 Å². The third-order valence-electron chi connectivity index (χ3n) is 2.98. The minimum atomic E-state index is -0.540. The smallest absolute Gasteiger partial charge is 0.312 e. The monoisotopic (exact) mass is 268 g/mol. The number of nitrogens with two attached hydrogens (primary N) is 1. The van der Waals surface area contributed by atoms with E-state index in [1.807, 2.05) is 20.8 Å². The second-order valence-corrected chi connectivity index (χ2v) is 5.78. The summed E-state index contributed by atoms with van der Waals surface area (Å²) in [5, 5.41) is 6.51. The number of nitrogens with zero attached hydrogens (tertiary/aromatic N) is 2. The number of ether oxygens (including phenoxy) is 1.